The Morgan fingerprint density at radius 3 is 2.92 bits per heavy atom. The molecule has 1 aromatic rings. The van der Waals surface area contributed by atoms with Crippen LogP contribution in [0.4, 0.5) is 0 Å². The third kappa shape index (κ3) is 2.25. The normalized spacial score (nSPS) is 9.62. The minimum absolute atomic E-state index is 0.269. The second-order valence-corrected chi connectivity index (χ2v) is 2.68. The van der Waals surface area contributed by atoms with Gasteiger partial charge in [0.25, 0.3) is 0 Å². The van der Waals surface area contributed by atoms with Crippen molar-refractivity contribution >= 4 is 0 Å². The summed E-state index contributed by atoms with van der Waals surface area (Å²) in [6.07, 6.45) is 2.37. The van der Waals surface area contributed by atoms with E-state index in [4.69, 9.17) is 4.74 Å². The largest absolute Gasteiger partial charge is 0.508 e. The Labute approximate surface area is 78.5 Å². The fraction of sp³-hybridized carbons (Fsp3) is 0.273. The Hall–Kier alpha value is -1.44. The third-order valence-corrected chi connectivity index (χ3v) is 1.76. The van der Waals surface area contributed by atoms with Crippen LogP contribution in [0.2, 0.25) is 0 Å². The maximum absolute atomic E-state index is 9.52. The molecule has 1 N–H and O–H groups in total. The van der Waals surface area contributed by atoms with Crippen LogP contribution in [0.5, 0.6) is 11.5 Å². The number of hydrogen-bond donors (Lipinski definition) is 1. The summed E-state index contributed by atoms with van der Waals surface area (Å²) in [5.41, 5.74) is 0.805. The summed E-state index contributed by atoms with van der Waals surface area (Å²) in [7, 11) is 0. The van der Waals surface area contributed by atoms with Gasteiger partial charge < -0.3 is 9.84 Å². The van der Waals surface area contributed by atoms with Crippen molar-refractivity contribution in [2.45, 2.75) is 13.3 Å². The molecule has 0 unspecified atom stereocenters. The van der Waals surface area contributed by atoms with Crippen molar-refractivity contribution in [2.75, 3.05) is 6.61 Å². The van der Waals surface area contributed by atoms with Crippen molar-refractivity contribution in [2.24, 2.45) is 0 Å². The maximum Gasteiger partial charge on any atom is 0.126 e. The van der Waals surface area contributed by atoms with Gasteiger partial charge in [-0.15, -0.1) is 6.58 Å². The monoisotopic (exact) mass is 178 g/mol. The van der Waals surface area contributed by atoms with Gasteiger partial charge in [-0.1, -0.05) is 12.1 Å². The number of hydrogen-bond acceptors (Lipinski definition) is 2. The predicted octanol–water partition coefficient (Wildman–Crippen LogP) is 2.52. The minimum Gasteiger partial charge on any atom is -0.508 e. The summed E-state index contributed by atoms with van der Waals surface area (Å²) in [5.74, 6) is 1.01. The summed E-state index contributed by atoms with van der Waals surface area (Å²) < 4.78 is 5.36. The smallest absolute Gasteiger partial charge is 0.126 e. The molecule has 0 amide bonds. The average Bonchev–Trinajstić information content (AvgIpc) is 2.11. The van der Waals surface area contributed by atoms with Gasteiger partial charge in [0, 0.05) is 5.56 Å². The number of phenolic OH excluding ortho intramolecular Hbond substituents is 1. The van der Waals surface area contributed by atoms with Crippen LogP contribution >= 0.6 is 0 Å². The zero-order chi connectivity index (χ0) is 9.68. The van der Waals surface area contributed by atoms with Gasteiger partial charge in [-0.25, -0.2) is 0 Å². The van der Waals surface area contributed by atoms with Crippen LogP contribution < -0.4 is 4.74 Å². The first-order valence-corrected chi connectivity index (χ1v) is 4.34. The van der Waals surface area contributed by atoms with E-state index >= 15 is 0 Å². The Kier molecular flexibility index (Phi) is 3.38. The Morgan fingerprint density at radius 2 is 2.31 bits per heavy atom. The molecule has 13 heavy (non-hydrogen) atoms. The summed E-state index contributed by atoms with van der Waals surface area (Å²) in [6, 6.07) is 5.27. The molecular formula is C11H14O2. The van der Waals surface area contributed by atoms with E-state index in [-0.39, 0.29) is 5.75 Å². The molecule has 2 heteroatoms. The Balaban J connectivity index is 3.01. The van der Waals surface area contributed by atoms with Crippen molar-refractivity contribution in [1.29, 1.82) is 0 Å². The molecule has 0 spiro atoms. The molecule has 0 atom stereocenters. The van der Waals surface area contributed by atoms with Crippen LogP contribution in [0.25, 0.3) is 0 Å². The molecule has 0 radical (unpaired) electrons. The first kappa shape index (κ1) is 9.65. The Bertz CT molecular complexity index is 292. The van der Waals surface area contributed by atoms with Gasteiger partial charge in [0.15, 0.2) is 0 Å². The summed E-state index contributed by atoms with van der Waals surface area (Å²) in [6.45, 7) is 6.15. The number of phenols is 1. The van der Waals surface area contributed by atoms with Crippen molar-refractivity contribution < 1.29 is 9.84 Å². The van der Waals surface area contributed by atoms with Crippen LogP contribution in [0.1, 0.15) is 12.5 Å². The lowest BCUT2D eigenvalue weighted by molar-refractivity contribution is 0.334. The average molecular weight is 178 g/mol. The lowest BCUT2D eigenvalue weighted by atomic mass is 10.1. The van der Waals surface area contributed by atoms with E-state index in [0.29, 0.717) is 13.0 Å². The quantitative estimate of drug-likeness (QED) is 0.718. The van der Waals surface area contributed by atoms with E-state index in [1.807, 2.05) is 13.0 Å². The summed E-state index contributed by atoms with van der Waals surface area (Å²) in [4.78, 5) is 0. The summed E-state index contributed by atoms with van der Waals surface area (Å²) in [5, 5.41) is 9.52. The zero-order valence-electron chi connectivity index (χ0n) is 7.79. The SMILES string of the molecule is C=CCc1c(O)cccc1OCC. The molecule has 0 saturated heterocycles. The van der Waals surface area contributed by atoms with Crippen molar-refractivity contribution in [3.63, 3.8) is 0 Å². The fourth-order valence-electron chi connectivity index (χ4n) is 1.19. The van der Waals surface area contributed by atoms with Gasteiger partial charge in [0.1, 0.15) is 11.5 Å². The number of benzene rings is 1. The first-order chi connectivity index (χ1) is 6.29. The van der Waals surface area contributed by atoms with E-state index < -0.39 is 0 Å². The van der Waals surface area contributed by atoms with Crippen LogP contribution in [0.15, 0.2) is 30.9 Å². The highest BCUT2D eigenvalue weighted by molar-refractivity contribution is 5.44. The maximum atomic E-state index is 9.52. The molecule has 0 heterocycles. The molecule has 2 nitrogen and oxygen atoms in total. The second-order valence-electron chi connectivity index (χ2n) is 2.68. The minimum atomic E-state index is 0.269. The lowest BCUT2D eigenvalue weighted by Crippen LogP contribution is -1.96. The van der Waals surface area contributed by atoms with E-state index in [1.165, 1.54) is 0 Å². The number of ether oxygens (including phenoxy) is 1. The highest BCUT2D eigenvalue weighted by Gasteiger charge is 2.05. The highest BCUT2D eigenvalue weighted by atomic mass is 16.5. The van der Waals surface area contributed by atoms with Crippen LogP contribution in [0, 0.1) is 0 Å². The first-order valence-electron chi connectivity index (χ1n) is 4.34. The number of aromatic hydroxyl groups is 1. The molecule has 0 aliphatic heterocycles. The van der Waals surface area contributed by atoms with E-state index in [9.17, 15) is 5.11 Å². The molecule has 70 valence electrons. The van der Waals surface area contributed by atoms with Gasteiger partial charge in [-0.3, -0.25) is 0 Å². The highest BCUT2D eigenvalue weighted by Crippen LogP contribution is 2.27. The van der Waals surface area contributed by atoms with Gasteiger partial charge in [-0.2, -0.15) is 0 Å². The van der Waals surface area contributed by atoms with Crippen molar-refractivity contribution in [3.05, 3.63) is 36.4 Å². The third-order valence-electron chi connectivity index (χ3n) is 1.76. The van der Waals surface area contributed by atoms with Gasteiger partial charge in [-0.05, 0) is 25.5 Å². The van der Waals surface area contributed by atoms with Crippen LogP contribution in [-0.2, 0) is 6.42 Å². The van der Waals surface area contributed by atoms with E-state index in [2.05, 4.69) is 6.58 Å². The topological polar surface area (TPSA) is 29.5 Å². The second kappa shape index (κ2) is 4.55. The standard InChI is InChI=1S/C11H14O2/c1-3-6-9-10(12)7-5-8-11(9)13-4-2/h3,5,7-8,12H,1,4,6H2,2H3. The fourth-order valence-corrected chi connectivity index (χ4v) is 1.19. The molecule has 1 rings (SSSR count). The van der Waals surface area contributed by atoms with Crippen LogP contribution in [-0.4, -0.2) is 11.7 Å². The lowest BCUT2D eigenvalue weighted by Gasteiger charge is -2.09. The molecule has 0 saturated carbocycles. The zero-order valence-corrected chi connectivity index (χ0v) is 7.79. The van der Waals surface area contributed by atoms with Crippen molar-refractivity contribution in [1.82, 2.24) is 0 Å². The Morgan fingerprint density at radius 1 is 1.54 bits per heavy atom. The van der Waals surface area contributed by atoms with Gasteiger partial charge in [0.05, 0.1) is 6.61 Å². The van der Waals surface area contributed by atoms with Crippen LogP contribution in [0.3, 0.4) is 0 Å². The molecule has 0 fully saturated rings. The number of allylic oxidation sites excluding steroid dienone is 1. The van der Waals surface area contributed by atoms with E-state index in [0.717, 1.165) is 11.3 Å². The number of rotatable bonds is 4. The van der Waals surface area contributed by atoms with Crippen molar-refractivity contribution in [3.8, 4) is 11.5 Å². The van der Waals surface area contributed by atoms with E-state index in [1.54, 1.807) is 18.2 Å². The molecule has 0 aliphatic rings. The van der Waals surface area contributed by atoms with Gasteiger partial charge >= 0.3 is 0 Å². The summed E-state index contributed by atoms with van der Waals surface area (Å²) >= 11 is 0. The predicted molar refractivity (Wildman–Crippen MR) is 53.2 cm³/mol. The molecule has 0 aliphatic carbocycles. The molecule has 1 aromatic carbocycles. The molecule has 0 bridgehead atoms. The molecule has 0 aromatic heterocycles. The van der Waals surface area contributed by atoms with Gasteiger partial charge in [0.2, 0.25) is 0 Å². The molecular weight excluding hydrogens is 164 g/mol.